The molecule has 0 bridgehead atoms. The van der Waals surface area contributed by atoms with Crippen LogP contribution < -0.4 is 5.73 Å². The van der Waals surface area contributed by atoms with Crippen molar-refractivity contribution in [2.24, 2.45) is 0 Å². The molecular weight excluding hydrogens is 190 g/mol. The molecule has 0 fully saturated rings. The highest BCUT2D eigenvalue weighted by atomic mass is 16.5. The molecule has 78 valence electrons. The molecule has 0 aliphatic carbocycles. The molecule has 0 aliphatic heterocycles. The summed E-state index contributed by atoms with van der Waals surface area (Å²) in [4.78, 5) is 4.23. The lowest BCUT2D eigenvalue weighted by molar-refractivity contribution is 0.438. The summed E-state index contributed by atoms with van der Waals surface area (Å²) in [7, 11) is 0. The second-order valence-corrected chi connectivity index (χ2v) is 3.34. The lowest BCUT2D eigenvalue weighted by Gasteiger charge is -1.98. The molecule has 0 radical (unpaired) electrons. The minimum atomic E-state index is 0.400. The van der Waals surface area contributed by atoms with E-state index in [-0.39, 0.29) is 0 Å². The molecule has 0 amide bonds. The molecule has 15 heavy (non-hydrogen) atoms. The summed E-state index contributed by atoms with van der Waals surface area (Å²) in [5.41, 5.74) is 8.23. The summed E-state index contributed by atoms with van der Waals surface area (Å²) in [6, 6.07) is 5.69. The first kappa shape index (κ1) is 9.71. The van der Waals surface area contributed by atoms with Crippen molar-refractivity contribution in [3.05, 3.63) is 30.0 Å². The Kier molecular flexibility index (Phi) is 2.67. The maximum absolute atomic E-state index is 5.71. The Labute approximate surface area is 88.1 Å². The van der Waals surface area contributed by atoms with Gasteiger partial charge in [-0.1, -0.05) is 24.6 Å². The Morgan fingerprint density at radius 3 is 2.93 bits per heavy atom. The van der Waals surface area contributed by atoms with Gasteiger partial charge in [-0.25, -0.2) is 0 Å². The summed E-state index contributed by atoms with van der Waals surface area (Å²) in [6.45, 7) is 2.09. The first-order valence-electron chi connectivity index (χ1n) is 4.98. The number of hydrogen-bond donors (Lipinski definition) is 1. The van der Waals surface area contributed by atoms with Gasteiger partial charge in [-0.15, -0.1) is 0 Å². The quantitative estimate of drug-likeness (QED) is 0.831. The molecule has 2 heterocycles. The molecule has 0 aromatic carbocycles. The lowest BCUT2D eigenvalue weighted by atomic mass is 10.1. The zero-order chi connectivity index (χ0) is 10.7. The largest absolute Gasteiger partial charge is 0.367 e. The highest BCUT2D eigenvalue weighted by Gasteiger charge is 2.14. The van der Waals surface area contributed by atoms with Crippen molar-refractivity contribution >= 4 is 5.88 Å². The number of nitrogen functional groups attached to an aromatic ring is 1. The number of nitrogens with two attached hydrogens (primary N) is 1. The van der Waals surface area contributed by atoms with Crippen LogP contribution in [0.25, 0.3) is 11.4 Å². The Balaban J connectivity index is 2.44. The summed E-state index contributed by atoms with van der Waals surface area (Å²) >= 11 is 0. The van der Waals surface area contributed by atoms with E-state index in [1.807, 2.05) is 18.2 Å². The van der Waals surface area contributed by atoms with Crippen molar-refractivity contribution in [3.8, 4) is 11.4 Å². The number of aromatic nitrogens is 2. The van der Waals surface area contributed by atoms with E-state index in [0.29, 0.717) is 5.88 Å². The van der Waals surface area contributed by atoms with Crippen LogP contribution in [0.4, 0.5) is 5.88 Å². The predicted molar refractivity (Wildman–Crippen MR) is 58.1 cm³/mol. The molecule has 2 N–H and O–H groups in total. The van der Waals surface area contributed by atoms with Crippen molar-refractivity contribution < 1.29 is 4.52 Å². The molecule has 0 unspecified atom stereocenters. The van der Waals surface area contributed by atoms with Crippen molar-refractivity contribution in [1.29, 1.82) is 0 Å². The van der Waals surface area contributed by atoms with Gasteiger partial charge in [0.25, 0.3) is 0 Å². The van der Waals surface area contributed by atoms with E-state index in [1.54, 1.807) is 6.20 Å². The van der Waals surface area contributed by atoms with Gasteiger partial charge in [0.2, 0.25) is 5.88 Å². The van der Waals surface area contributed by atoms with E-state index >= 15 is 0 Å². The van der Waals surface area contributed by atoms with Gasteiger partial charge in [-0.2, -0.15) is 0 Å². The minimum absolute atomic E-state index is 0.400. The third kappa shape index (κ3) is 1.83. The Morgan fingerprint density at radius 2 is 2.27 bits per heavy atom. The van der Waals surface area contributed by atoms with Crippen molar-refractivity contribution in [2.75, 3.05) is 5.73 Å². The summed E-state index contributed by atoms with van der Waals surface area (Å²) in [5.74, 6) is 0.400. The van der Waals surface area contributed by atoms with E-state index in [0.717, 1.165) is 29.8 Å². The van der Waals surface area contributed by atoms with Crippen LogP contribution in [-0.4, -0.2) is 10.1 Å². The fourth-order valence-corrected chi connectivity index (χ4v) is 1.52. The number of pyridine rings is 1. The molecule has 4 nitrogen and oxygen atoms in total. The number of nitrogens with zero attached hydrogens (tertiary/aromatic N) is 2. The monoisotopic (exact) mass is 203 g/mol. The van der Waals surface area contributed by atoms with Gasteiger partial charge in [0, 0.05) is 11.8 Å². The third-order valence-electron chi connectivity index (χ3n) is 2.23. The van der Waals surface area contributed by atoms with Gasteiger partial charge < -0.3 is 10.3 Å². The molecule has 0 aliphatic rings. The number of hydrogen-bond acceptors (Lipinski definition) is 4. The van der Waals surface area contributed by atoms with E-state index in [2.05, 4.69) is 17.1 Å². The maximum atomic E-state index is 5.71. The van der Waals surface area contributed by atoms with Gasteiger partial charge >= 0.3 is 0 Å². The first-order valence-corrected chi connectivity index (χ1v) is 4.98. The molecule has 0 atom stereocenters. The Morgan fingerprint density at radius 1 is 1.40 bits per heavy atom. The van der Waals surface area contributed by atoms with E-state index < -0.39 is 0 Å². The van der Waals surface area contributed by atoms with Gasteiger partial charge in [0.1, 0.15) is 5.69 Å². The second-order valence-electron chi connectivity index (χ2n) is 3.34. The van der Waals surface area contributed by atoms with Crippen LogP contribution in [-0.2, 0) is 6.42 Å². The second kappa shape index (κ2) is 4.13. The zero-order valence-electron chi connectivity index (χ0n) is 8.60. The lowest BCUT2D eigenvalue weighted by Crippen LogP contribution is -1.92. The van der Waals surface area contributed by atoms with Gasteiger partial charge in [0.05, 0.1) is 5.69 Å². The number of rotatable bonds is 3. The molecule has 2 aromatic heterocycles. The van der Waals surface area contributed by atoms with Crippen molar-refractivity contribution in [2.45, 2.75) is 19.8 Å². The fraction of sp³-hybridized carbons (Fsp3) is 0.273. The average Bonchev–Trinajstić information content (AvgIpc) is 2.63. The van der Waals surface area contributed by atoms with Crippen LogP contribution in [0.1, 0.15) is 18.9 Å². The van der Waals surface area contributed by atoms with Crippen LogP contribution in [0.5, 0.6) is 0 Å². The summed E-state index contributed by atoms with van der Waals surface area (Å²) in [6.07, 6.45) is 3.60. The van der Waals surface area contributed by atoms with Gasteiger partial charge in [0.15, 0.2) is 0 Å². The van der Waals surface area contributed by atoms with Gasteiger partial charge in [-0.3, -0.25) is 4.98 Å². The van der Waals surface area contributed by atoms with E-state index in [9.17, 15) is 0 Å². The smallest absolute Gasteiger partial charge is 0.225 e. The van der Waals surface area contributed by atoms with Crippen LogP contribution >= 0.6 is 0 Å². The first-order chi connectivity index (χ1) is 7.33. The molecule has 0 saturated heterocycles. The van der Waals surface area contributed by atoms with Crippen LogP contribution in [0, 0.1) is 0 Å². The standard InChI is InChI=1S/C11H13N3O/c1-2-5-8-10(14-15-11(8)12)9-6-3-4-7-13-9/h3-4,6-7H,2,5,12H2,1H3. The molecule has 2 aromatic rings. The summed E-state index contributed by atoms with van der Waals surface area (Å²) < 4.78 is 4.99. The molecular formula is C11H13N3O. The van der Waals surface area contributed by atoms with Gasteiger partial charge in [-0.05, 0) is 18.6 Å². The highest BCUT2D eigenvalue weighted by molar-refractivity contribution is 5.63. The minimum Gasteiger partial charge on any atom is -0.367 e. The third-order valence-corrected chi connectivity index (χ3v) is 2.23. The highest BCUT2D eigenvalue weighted by Crippen LogP contribution is 2.26. The predicted octanol–water partition coefficient (Wildman–Crippen LogP) is 2.27. The average molecular weight is 203 g/mol. The number of anilines is 1. The molecule has 2 rings (SSSR count). The maximum Gasteiger partial charge on any atom is 0.225 e. The summed E-state index contributed by atoms with van der Waals surface area (Å²) in [5, 5.41) is 3.94. The van der Waals surface area contributed by atoms with E-state index in [4.69, 9.17) is 10.3 Å². The van der Waals surface area contributed by atoms with Crippen LogP contribution in [0.2, 0.25) is 0 Å². The Hall–Kier alpha value is -1.84. The topological polar surface area (TPSA) is 64.9 Å². The SMILES string of the molecule is CCCc1c(-c2ccccn2)noc1N. The van der Waals surface area contributed by atoms with E-state index in [1.165, 1.54) is 0 Å². The van der Waals surface area contributed by atoms with Crippen molar-refractivity contribution in [1.82, 2.24) is 10.1 Å². The fourth-order valence-electron chi connectivity index (χ4n) is 1.52. The normalized spacial score (nSPS) is 10.5. The molecule has 0 spiro atoms. The Bertz CT molecular complexity index is 436. The van der Waals surface area contributed by atoms with Crippen molar-refractivity contribution in [3.63, 3.8) is 0 Å². The molecule has 0 saturated carbocycles. The van der Waals surface area contributed by atoms with Crippen LogP contribution in [0.3, 0.4) is 0 Å². The van der Waals surface area contributed by atoms with Crippen LogP contribution in [0.15, 0.2) is 28.9 Å². The zero-order valence-corrected chi connectivity index (χ0v) is 8.60. The molecule has 4 heteroatoms.